The van der Waals surface area contributed by atoms with E-state index in [0.717, 1.165) is 45.2 Å². The van der Waals surface area contributed by atoms with Crippen molar-refractivity contribution >= 4 is 5.91 Å². The highest BCUT2D eigenvalue weighted by Crippen LogP contribution is 2.31. The Morgan fingerprint density at radius 1 is 0.974 bits per heavy atom. The molecular formula is C30H40F3N3O3. The number of ether oxygens (including phenoxy) is 2. The summed E-state index contributed by atoms with van der Waals surface area (Å²) in [5, 5.41) is 0. The molecule has 9 heteroatoms. The van der Waals surface area contributed by atoms with E-state index in [2.05, 4.69) is 4.90 Å². The van der Waals surface area contributed by atoms with E-state index < -0.39 is 17.3 Å². The topological polar surface area (TPSA) is 68.0 Å². The Kier molecular flexibility index (Phi) is 9.91. The number of hydrogen-bond acceptors (Lipinski definition) is 5. The Balaban J connectivity index is 1.36. The first-order chi connectivity index (χ1) is 18.6. The minimum atomic E-state index is -1.21. The maximum Gasteiger partial charge on any atom is 0.254 e. The van der Waals surface area contributed by atoms with Gasteiger partial charge in [0.15, 0.2) is 0 Å². The summed E-state index contributed by atoms with van der Waals surface area (Å²) < 4.78 is 55.2. The Morgan fingerprint density at radius 2 is 1.67 bits per heavy atom. The van der Waals surface area contributed by atoms with Crippen LogP contribution < -0.4 is 10.5 Å². The molecule has 1 amide bonds. The standard InChI is InChI=1S/C30H40F3N3O3/c1-30(2,33)19-35-13-10-21(11-14-35)17-39-24-7-9-26(28(32)16-24)25-8-6-22(15-27(25)31)29(37)36-12-4-3-5-23(36)18-38-20-34/h6-9,15-16,21,23H,3-5,10-14,17-20,34H2,1-2H3. The van der Waals surface area contributed by atoms with Crippen LogP contribution in [0.25, 0.3) is 11.1 Å². The van der Waals surface area contributed by atoms with Crippen LogP contribution in [0.2, 0.25) is 0 Å². The minimum Gasteiger partial charge on any atom is -0.493 e. The Hall–Kier alpha value is -2.62. The molecule has 0 saturated carbocycles. The summed E-state index contributed by atoms with van der Waals surface area (Å²) in [6.07, 6.45) is 4.47. The summed E-state index contributed by atoms with van der Waals surface area (Å²) in [6.45, 7) is 6.67. The lowest BCUT2D eigenvalue weighted by molar-refractivity contribution is 0.0328. The maximum absolute atomic E-state index is 15.1. The fourth-order valence-electron chi connectivity index (χ4n) is 5.54. The number of likely N-dealkylation sites (tertiary alicyclic amines) is 2. The van der Waals surface area contributed by atoms with Crippen molar-refractivity contribution in [3.8, 4) is 16.9 Å². The third kappa shape index (κ3) is 7.96. The first-order valence-electron chi connectivity index (χ1n) is 13.9. The van der Waals surface area contributed by atoms with E-state index >= 15 is 8.78 Å². The lowest BCUT2D eigenvalue weighted by Crippen LogP contribution is -2.46. The zero-order valence-corrected chi connectivity index (χ0v) is 22.9. The van der Waals surface area contributed by atoms with Crippen LogP contribution in [0.3, 0.4) is 0 Å². The van der Waals surface area contributed by atoms with Gasteiger partial charge in [-0.05, 0) is 89.2 Å². The van der Waals surface area contributed by atoms with Gasteiger partial charge in [-0.25, -0.2) is 13.2 Å². The second-order valence-corrected chi connectivity index (χ2v) is 11.3. The van der Waals surface area contributed by atoms with Crippen molar-refractivity contribution in [2.24, 2.45) is 11.7 Å². The first-order valence-corrected chi connectivity index (χ1v) is 13.9. The number of carbonyl (C=O) groups excluding carboxylic acids is 1. The molecule has 4 rings (SSSR count). The lowest BCUT2D eigenvalue weighted by Gasteiger charge is -2.35. The lowest BCUT2D eigenvalue weighted by atomic mass is 9.96. The monoisotopic (exact) mass is 547 g/mol. The summed E-state index contributed by atoms with van der Waals surface area (Å²) in [6, 6.07) is 8.46. The van der Waals surface area contributed by atoms with E-state index in [1.807, 2.05) is 0 Å². The van der Waals surface area contributed by atoms with Gasteiger partial charge in [-0.2, -0.15) is 0 Å². The Labute approximate surface area is 229 Å². The largest absolute Gasteiger partial charge is 0.493 e. The molecule has 0 aliphatic carbocycles. The van der Waals surface area contributed by atoms with E-state index in [1.54, 1.807) is 24.8 Å². The van der Waals surface area contributed by atoms with Crippen LogP contribution in [0.4, 0.5) is 13.2 Å². The molecule has 6 nitrogen and oxygen atoms in total. The molecule has 2 aliphatic rings. The Morgan fingerprint density at radius 3 is 2.31 bits per heavy atom. The van der Waals surface area contributed by atoms with Crippen molar-refractivity contribution in [1.82, 2.24) is 9.80 Å². The van der Waals surface area contributed by atoms with Gasteiger partial charge < -0.3 is 25.0 Å². The quantitative estimate of drug-likeness (QED) is 0.404. The molecule has 2 heterocycles. The fraction of sp³-hybridized carbons (Fsp3) is 0.567. The molecule has 2 aromatic carbocycles. The second kappa shape index (κ2) is 13.2. The van der Waals surface area contributed by atoms with Crippen LogP contribution in [0.5, 0.6) is 5.75 Å². The van der Waals surface area contributed by atoms with Gasteiger partial charge in [-0.1, -0.05) is 6.07 Å². The predicted octanol–water partition coefficient (Wildman–Crippen LogP) is 5.40. The number of piperidine rings is 2. The van der Waals surface area contributed by atoms with Crippen molar-refractivity contribution in [2.75, 3.05) is 46.1 Å². The van der Waals surface area contributed by atoms with Gasteiger partial charge >= 0.3 is 0 Å². The molecule has 1 unspecified atom stereocenters. The second-order valence-electron chi connectivity index (χ2n) is 11.3. The maximum atomic E-state index is 15.1. The van der Waals surface area contributed by atoms with E-state index in [1.165, 1.54) is 30.3 Å². The summed E-state index contributed by atoms with van der Waals surface area (Å²) >= 11 is 0. The number of nitrogens with zero attached hydrogens (tertiary/aromatic N) is 2. The molecular weight excluding hydrogens is 507 g/mol. The molecule has 2 saturated heterocycles. The van der Waals surface area contributed by atoms with E-state index in [4.69, 9.17) is 15.2 Å². The van der Waals surface area contributed by atoms with Gasteiger partial charge in [0.25, 0.3) is 5.91 Å². The molecule has 2 aromatic rings. The van der Waals surface area contributed by atoms with Gasteiger partial charge in [-0.15, -0.1) is 0 Å². The number of hydrogen-bond donors (Lipinski definition) is 1. The molecule has 2 fully saturated rings. The van der Waals surface area contributed by atoms with E-state index in [0.29, 0.717) is 38.0 Å². The number of amides is 1. The van der Waals surface area contributed by atoms with Gasteiger partial charge in [0.1, 0.15) is 23.1 Å². The number of rotatable bonds is 10. The smallest absolute Gasteiger partial charge is 0.254 e. The number of alkyl halides is 1. The minimum absolute atomic E-state index is 0.0802. The van der Waals surface area contributed by atoms with Crippen molar-refractivity contribution in [3.63, 3.8) is 0 Å². The highest BCUT2D eigenvalue weighted by atomic mass is 19.1. The van der Waals surface area contributed by atoms with Crippen LogP contribution in [0.1, 0.15) is 56.3 Å². The summed E-state index contributed by atoms with van der Waals surface area (Å²) in [4.78, 5) is 17.0. The third-order valence-corrected chi connectivity index (χ3v) is 7.56. The van der Waals surface area contributed by atoms with Crippen molar-refractivity contribution < 1.29 is 27.4 Å². The van der Waals surface area contributed by atoms with Crippen molar-refractivity contribution in [3.05, 3.63) is 53.6 Å². The van der Waals surface area contributed by atoms with Gasteiger partial charge in [0.05, 0.1) is 26.0 Å². The van der Waals surface area contributed by atoms with Crippen molar-refractivity contribution in [1.29, 1.82) is 0 Å². The summed E-state index contributed by atoms with van der Waals surface area (Å²) in [5.74, 6) is -0.833. The number of benzene rings is 2. The highest BCUT2D eigenvalue weighted by Gasteiger charge is 2.29. The summed E-state index contributed by atoms with van der Waals surface area (Å²) in [7, 11) is 0. The molecule has 0 aromatic heterocycles. The van der Waals surface area contributed by atoms with Crippen LogP contribution >= 0.6 is 0 Å². The third-order valence-electron chi connectivity index (χ3n) is 7.56. The molecule has 2 N–H and O–H groups in total. The fourth-order valence-corrected chi connectivity index (χ4v) is 5.54. The van der Waals surface area contributed by atoms with Crippen LogP contribution in [-0.2, 0) is 4.74 Å². The van der Waals surface area contributed by atoms with Crippen LogP contribution in [0.15, 0.2) is 36.4 Å². The van der Waals surface area contributed by atoms with Gasteiger partial charge in [-0.3, -0.25) is 4.79 Å². The van der Waals surface area contributed by atoms with Crippen LogP contribution in [-0.4, -0.2) is 73.5 Å². The highest BCUT2D eigenvalue weighted by molar-refractivity contribution is 5.95. The van der Waals surface area contributed by atoms with Gasteiger partial charge in [0.2, 0.25) is 0 Å². The Bertz CT molecular complexity index is 1120. The molecule has 0 radical (unpaired) electrons. The van der Waals surface area contributed by atoms with E-state index in [9.17, 15) is 9.18 Å². The zero-order valence-electron chi connectivity index (χ0n) is 22.9. The van der Waals surface area contributed by atoms with E-state index in [-0.39, 0.29) is 35.4 Å². The average Bonchev–Trinajstić information content (AvgIpc) is 2.91. The summed E-state index contributed by atoms with van der Waals surface area (Å²) in [5.41, 5.74) is 4.63. The zero-order chi connectivity index (χ0) is 28.0. The van der Waals surface area contributed by atoms with Crippen molar-refractivity contribution in [2.45, 2.75) is 57.7 Å². The number of carbonyl (C=O) groups is 1. The molecule has 2 aliphatic heterocycles. The van der Waals surface area contributed by atoms with Gasteiger partial charge in [0, 0.05) is 35.8 Å². The SMILES string of the molecule is CC(C)(F)CN1CCC(COc2ccc(-c3ccc(C(=O)N4CCCCC4COCN)cc3F)c(F)c2)CC1. The molecule has 1 atom stereocenters. The molecule has 0 spiro atoms. The average molecular weight is 548 g/mol. The number of nitrogens with two attached hydrogens (primary N) is 1. The normalized spacial score (nSPS) is 19.3. The molecule has 0 bridgehead atoms. The predicted molar refractivity (Wildman–Crippen MR) is 145 cm³/mol. The number of halogens is 3. The molecule has 214 valence electrons. The first kappa shape index (κ1) is 29.4. The van der Waals surface area contributed by atoms with Crippen LogP contribution in [0, 0.1) is 17.6 Å². The molecule has 39 heavy (non-hydrogen) atoms.